The normalized spacial score (nSPS) is 13.4. The number of benzene rings is 2. The van der Waals surface area contributed by atoms with Crippen LogP contribution in [0.1, 0.15) is 42.1 Å². The SMILES string of the molecule is CCOc1cc(C(=O)N(C)CCOc2ccccc2C)ccc1OCC(=O)N1CCCCC1. The summed E-state index contributed by atoms with van der Waals surface area (Å²) in [5.41, 5.74) is 1.55. The number of carbonyl (C=O) groups excluding carboxylic acids is 2. The van der Waals surface area contributed by atoms with Crippen LogP contribution in [-0.4, -0.2) is 68.1 Å². The molecule has 1 aliphatic heterocycles. The molecule has 0 spiro atoms. The fourth-order valence-electron chi connectivity index (χ4n) is 3.74. The van der Waals surface area contributed by atoms with Gasteiger partial charge in [0.1, 0.15) is 12.4 Å². The Labute approximate surface area is 196 Å². The fraction of sp³-hybridized carbons (Fsp3) is 0.462. The van der Waals surface area contributed by atoms with Crippen LogP contribution in [0.4, 0.5) is 0 Å². The highest BCUT2D eigenvalue weighted by Gasteiger charge is 2.19. The summed E-state index contributed by atoms with van der Waals surface area (Å²) in [6.45, 7) is 6.65. The van der Waals surface area contributed by atoms with E-state index in [1.54, 1.807) is 30.1 Å². The minimum absolute atomic E-state index is 0.0225. The molecule has 1 heterocycles. The van der Waals surface area contributed by atoms with Gasteiger partial charge < -0.3 is 24.0 Å². The third-order valence-corrected chi connectivity index (χ3v) is 5.67. The van der Waals surface area contributed by atoms with Gasteiger partial charge in [-0.1, -0.05) is 18.2 Å². The van der Waals surface area contributed by atoms with Crippen molar-refractivity contribution in [2.45, 2.75) is 33.1 Å². The molecular weight excluding hydrogens is 420 g/mol. The highest BCUT2D eigenvalue weighted by molar-refractivity contribution is 5.94. The molecular formula is C26H34N2O5. The third-order valence-electron chi connectivity index (χ3n) is 5.67. The second kappa shape index (κ2) is 12.1. The standard InChI is InChI=1S/C26H34N2O5/c1-4-31-24-18-21(12-13-23(24)33-19-25(29)28-14-8-5-9-15-28)26(30)27(3)16-17-32-22-11-7-6-10-20(22)2/h6-7,10-13,18H,4-5,8-9,14-17,19H2,1-3H3. The lowest BCUT2D eigenvalue weighted by atomic mass is 10.1. The van der Waals surface area contributed by atoms with Crippen LogP contribution < -0.4 is 14.2 Å². The zero-order valence-electron chi connectivity index (χ0n) is 19.8. The molecule has 7 nitrogen and oxygen atoms in total. The average Bonchev–Trinajstić information content (AvgIpc) is 2.84. The number of nitrogens with zero attached hydrogens (tertiary/aromatic N) is 2. The molecule has 0 bridgehead atoms. The van der Waals surface area contributed by atoms with E-state index < -0.39 is 0 Å². The zero-order valence-corrected chi connectivity index (χ0v) is 19.8. The van der Waals surface area contributed by atoms with E-state index in [1.807, 2.05) is 43.0 Å². The van der Waals surface area contributed by atoms with E-state index in [2.05, 4.69) is 0 Å². The summed E-state index contributed by atoms with van der Waals surface area (Å²) in [6.07, 6.45) is 3.24. The van der Waals surface area contributed by atoms with Gasteiger partial charge in [0.25, 0.3) is 11.8 Å². The Balaban J connectivity index is 1.57. The smallest absolute Gasteiger partial charge is 0.260 e. The molecule has 3 rings (SSSR count). The van der Waals surface area contributed by atoms with E-state index in [0.717, 1.165) is 37.2 Å². The van der Waals surface area contributed by atoms with Gasteiger partial charge in [-0.05, 0) is 62.9 Å². The molecule has 178 valence electrons. The minimum atomic E-state index is -0.139. The molecule has 0 aromatic heterocycles. The Morgan fingerprint density at radius 2 is 1.70 bits per heavy atom. The lowest BCUT2D eigenvalue weighted by Crippen LogP contribution is -2.38. The summed E-state index contributed by atoms with van der Waals surface area (Å²) >= 11 is 0. The van der Waals surface area contributed by atoms with Crippen molar-refractivity contribution < 1.29 is 23.8 Å². The lowest BCUT2D eigenvalue weighted by Gasteiger charge is -2.26. The number of amides is 2. The van der Waals surface area contributed by atoms with E-state index in [0.29, 0.717) is 36.8 Å². The molecule has 0 aliphatic carbocycles. The zero-order chi connectivity index (χ0) is 23.6. The van der Waals surface area contributed by atoms with Crippen molar-refractivity contribution in [2.75, 3.05) is 46.5 Å². The molecule has 0 unspecified atom stereocenters. The molecule has 2 aromatic carbocycles. The summed E-state index contributed by atoms with van der Waals surface area (Å²) < 4.78 is 17.3. The van der Waals surface area contributed by atoms with E-state index >= 15 is 0 Å². The van der Waals surface area contributed by atoms with Crippen LogP contribution >= 0.6 is 0 Å². The molecule has 7 heteroatoms. The maximum atomic E-state index is 12.9. The molecule has 2 amide bonds. The van der Waals surface area contributed by atoms with Gasteiger partial charge in [-0.2, -0.15) is 0 Å². The Morgan fingerprint density at radius 1 is 0.939 bits per heavy atom. The van der Waals surface area contributed by atoms with E-state index in [4.69, 9.17) is 14.2 Å². The molecule has 1 aliphatic rings. The number of hydrogen-bond donors (Lipinski definition) is 0. The number of carbonyl (C=O) groups is 2. The van der Waals surface area contributed by atoms with E-state index in [-0.39, 0.29) is 18.4 Å². The summed E-state index contributed by atoms with van der Waals surface area (Å²) in [4.78, 5) is 28.8. The second-order valence-electron chi connectivity index (χ2n) is 8.17. The quantitative estimate of drug-likeness (QED) is 0.544. The number of rotatable bonds is 10. The summed E-state index contributed by atoms with van der Waals surface area (Å²) in [5, 5.41) is 0. The van der Waals surface area contributed by atoms with Crippen molar-refractivity contribution in [3.05, 3.63) is 53.6 Å². The van der Waals surface area contributed by atoms with Crippen LogP contribution in [-0.2, 0) is 4.79 Å². The van der Waals surface area contributed by atoms with Crippen molar-refractivity contribution in [3.8, 4) is 17.2 Å². The average molecular weight is 455 g/mol. The largest absolute Gasteiger partial charge is 0.491 e. The predicted octanol–water partition coefficient (Wildman–Crippen LogP) is 3.94. The topological polar surface area (TPSA) is 68.3 Å². The van der Waals surface area contributed by atoms with Gasteiger partial charge in [0.05, 0.1) is 13.2 Å². The van der Waals surface area contributed by atoms with Crippen LogP contribution in [0, 0.1) is 6.92 Å². The van der Waals surface area contributed by atoms with Crippen LogP contribution in [0.25, 0.3) is 0 Å². The van der Waals surface area contributed by atoms with Crippen molar-refractivity contribution in [2.24, 2.45) is 0 Å². The number of likely N-dealkylation sites (N-methyl/N-ethyl adjacent to an activating group) is 1. The molecule has 33 heavy (non-hydrogen) atoms. The van der Waals surface area contributed by atoms with Gasteiger partial charge in [0.15, 0.2) is 18.1 Å². The number of likely N-dealkylation sites (tertiary alicyclic amines) is 1. The molecule has 0 saturated carbocycles. The van der Waals surface area contributed by atoms with Crippen LogP contribution in [0.3, 0.4) is 0 Å². The fourth-order valence-corrected chi connectivity index (χ4v) is 3.74. The first-order chi connectivity index (χ1) is 16.0. The van der Waals surface area contributed by atoms with Crippen molar-refractivity contribution >= 4 is 11.8 Å². The number of hydrogen-bond acceptors (Lipinski definition) is 5. The number of piperidine rings is 1. The Morgan fingerprint density at radius 3 is 2.42 bits per heavy atom. The highest BCUT2D eigenvalue weighted by Crippen LogP contribution is 2.29. The van der Waals surface area contributed by atoms with Crippen molar-refractivity contribution in [1.82, 2.24) is 9.80 Å². The Kier molecular flexibility index (Phi) is 8.98. The third kappa shape index (κ3) is 6.88. The molecule has 1 saturated heterocycles. The van der Waals surface area contributed by atoms with Gasteiger partial charge in [0.2, 0.25) is 0 Å². The van der Waals surface area contributed by atoms with Gasteiger partial charge in [-0.25, -0.2) is 0 Å². The first-order valence-corrected chi connectivity index (χ1v) is 11.6. The lowest BCUT2D eigenvalue weighted by molar-refractivity contribution is -0.134. The molecule has 0 N–H and O–H groups in total. The first-order valence-electron chi connectivity index (χ1n) is 11.6. The highest BCUT2D eigenvalue weighted by atomic mass is 16.5. The maximum absolute atomic E-state index is 12.9. The van der Waals surface area contributed by atoms with Crippen molar-refractivity contribution in [3.63, 3.8) is 0 Å². The molecule has 2 aromatic rings. The summed E-state index contributed by atoms with van der Waals surface area (Å²) in [6, 6.07) is 12.9. The maximum Gasteiger partial charge on any atom is 0.260 e. The van der Waals surface area contributed by atoms with Crippen LogP contribution in [0.5, 0.6) is 17.2 Å². The van der Waals surface area contributed by atoms with E-state index in [1.165, 1.54) is 6.42 Å². The summed E-state index contributed by atoms with van der Waals surface area (Å²) in [7, 11) is 1.74. The van der Waals surface area contributed by atoms with Crippen molar-refractivity contribution in [1.29, 1.82) is 0 Å². The van der Waals surface area contributed by atoms with Gasteiger partial charge >= 0.3 is 0 Å². The minimum Gasteiger partial charge on any atom is -0.491 e. The van der Waals surface area contributed by atoms with Gasteiger partial charge in [-0.15, -0.1) is 0 Å². The number of aryl methyl sites for hydroxylation is 1. The van der Waals surface area contributed by atoms with E-state index in [9.17, 15) is 9.59 Å². The molecule has 1 fully saturated rings. The van der Waals surface area contributed by atoms with Gasteiger partial charge in [0, 0.05) is 25.7 Å². The molecule has 0 radical (unpaired) electrons. The first kappa shape index (κ1) is 24.4. The number of ether oxygens (including phenoxy) is 3. The predicted molar refractivity (Wildman–Crippen MR) is 127 cm³/mol. The Hall–Kier alpha value is -3.22. The van der Waals surface area contributed by atoms with Crippen LogP contribution in [0.15, 0.2) is 42.5 Å². The van der Waals surface area contributed by atoms with Gasteiger partial charge in [-0.3, -0.25) is 9.59 Å². The molecule has 0 atom stereocenters. The van der Waals surface area contributed by atoms with Crippen LogP contribution in [0.2, 0.25) is 0 Å². The number of para-hydroxylation sites is 1. The summed E-state index contributed by atoms with van der Waals surface area (Å²) in [5.74, 6) is 1.58. The second-order valence-corrected chi connectivity index (χ2v) is 8.17. The Bertz CT molecular complexity index is 940. The monoisotopic (exact) mass is 454 g/mol.